The van der Waals surface area contributed by atoms with Crippen LogP contribution in [0.1, 0.15) is 23.0 Å². The molecule has 0 aliphatic carbocycles. The summed E-state index contributed by atoms with van der Waals surface area (Å²) in [5, 5.41) is 5.97. The van der Waals surface area contributed by atoms with Gasteiger partial charge in [-0.2, -0.15) is 0 Å². The number of furan rings is 1. The average molecular weight is 438 g/mol. The van der Waals surface area contributed by atoms with Gasteiger partial charge in [-0.1, -0.05) is 17.4 Å². The van der Waals surface area contributed by atoms with E-state index >= 15 is 0 Å². The van der Waals surface area contributed by atoms with Crippen LogP contribution >= 0.6 is 23.1 Å². The number of fused-ring (bicyclic) bond motifs is 1. The molecule has 4 aromatic rings. The highest BCUT2D eigenvalue weighted by molar-refractivity contribution is 8.00. The number of hydrogen-bond donors (Lipinski definition) is 2. The predicted molar refractivity (Wildman–Crippen MR) is 121 cm³/mol. The maximum Gasteiger partial charge on any atom is 0.291 e. The van der Waals surface area contributed by atoms with Gasteiger partial charge in [0.05, 0.1) is 21.7 Å². The van der Waals surface area contributed by atoms with E-state index < -0.39 is 0 Å². The van der Waals surface area contributed by atoms with Crippen molar-refractivity contribution in [2.45, 2.75) is 24.0 Å². The van der Waals surface area contributed by atoms with E-state index in [4.69, 9.17) is 4.42 Å². The van der Waals surface area contributed by atoms with E-state index in [2.05, 4.69) is 21.7 Å². The van der Waals surface area contributed by atoms with Gasteiger partial charge in [0.15, 0.2) is 10.9 Å². The number of hydrogen-bond acceptors (Lipinski definition) is 6. The topological polar surface area (TPSA) is 84.2 Å². The summed E-state index contributed by atoms with van der Waals surface area (Å²) in [4.78, 5) is 30.0. The molecule has 4 rings (SSSR count). The highest BCUT2D eigenvalue weighted by atomic mass is 32.2. The molecule has 0 bridgehead atoms. The number of benzene rings is 2. The van der Waals surface area contributed by atoms with Crippen molar-refractivity contribution in [1.29, 1.82) is 0 Å². The lowest BCUT2D eigenvalue weighted by atomic mass is 10.2. The number of carbonyl (C=O) groups excluding carboxylic acids is 2. The van der Waals surface area contributed by atoms with Gasteiger partial charge in [-0.05, 0) is 67.9 Å². The molecule has 0 spiro atoms. The number of thiazole rings is 1. The van der Waals surface area contributed by atoms with Crippen molar-refractivity contribution in [3.05, 3.63) is 72.2 Å². The fraction of sp³-hybridized carbons (Fsp3) is 0.136. The van der Waals surface area contributed by atoms with Crippen LogP contribution in [0, 0.1) is 6.92 Å². The van der Waals surface area contributed by atoms with Gasteiger partial charge in [0.2, 0.25) is 5.91 Å². The largest absolute Gasteiger partial charge is 0.459 e. The molecule has 0 saturated heterocycles. The number of anilines is 2. The minimum atomic E-state index is -0.306. The molecule has 0 fully saturated rings. The van der Waals surface area contributed by atoms with E-state index in [9.17, 15) is 9.59 Å². The summed E-state index contributed by atoms with van der Waals surface area (Å²) in [6, 6.07) is 16.6. The summed E-state index contributed by atoms with van der Waals surface area (Å²) in [7, 11) is 0. The Balaban J connectivity index is 1.34. The Morgan fingerprint density at radius 1 is 1.10 bits per heavy atom. The van der Waals surface area contributed by atoms with Crippen LogP contribution in [0.15, 0.2) is 70.2 Å². The molecular formula is C22H19N3O3S2. The van der Waals surface area contributed by atoms with E-state index in [0.717, 1.165) is 20.7 Å². The fourth-order valence-electron chi connectivity index (χ4n) is 2.77. The highest BCUT2D eigenvalue weighted by Crippen LogP contribution is 2.29. The molecule has 152 valence electrons. The first-order valence-corrected chi connectivity index (χ1v) is 11.0. The Bertz CT molecular complexity index is 1180. The van der Waals surface area contributed by atoms with Gasteiger partial charge in [0.1, 0.15) is 0 Å². The third kappa shape index (κ3) is 4.72. The molecule has 2 N–H and O–H groups in total. The molecule has 8 heteroatoms. The fourth-order valence-corrected chi connectivity index (χ4v) is 4.60. The van der Waals surface area contributed by atoms with Gasteiger partial charge in [-0.15, -0.1) is 11.8 Å². The molecule has 0 radical (unpaired) electrons. The van der Waals surface area contributed by atoms with E-state index in [1.54, 1.807) is 24.3 Å². The minimum Gasteiger partial charge on any atom is -0.459 e. The van der Waals surface area contributed by atoms with Crippen LogP contribution in [-0.4, -0.2) is 22.0 Å². The van der Waals surface area contributed by atoms with Crippen LogP contribution in [0.5, 0.6) is 0 Å². The van der Waals surface area contributed by atoms with Gasteiger partial charge in [0, 0.05) is 10.6 Å². The second-order valence-corrected chi connectivity index (χ2v) is 9.14. The number of carbonyl (C=O) groups is 2. The lowest BCUT2D eigenvalue weighted by Crippen LogP contribution is -2.22. The van der Waals surface area contributed by atoms with Crippen molar-refractivity contribution < 1.29 is 14.0 Å². The summed E-state index contributed by atoms with van der Waals surface area (Å²) in [6.45, 7) is 3.88. The second-order valence-electron chi connectivity index (χ2n) is 6.70. The predicted octanol–water partition coefficient (Wildman–Crippen LogP) is 5.57. The van der Waals surface area contributed by atoms with Crippen molar-refractivity contribution in [3.8, 4) is 0 Å². The molecule has 6 nitrogen and oxygen atoms in total. The van der Waals surface area contributed by atoms with Crippen LogP contribution in [0.3, 0.4) is 0 Å². The molecule has 0 aliphatic rings. The summed E-state index contributed by atoms with van der Waals surface area (Å²) >= 11 is 2.91. The zero-order valence-corrected chi connectivity index (χ0v) is 18.0. The minimum absolute atomic E-state index is 0.106. The SMILES string of the molecule is Cc1ccc2nc(NC(=O)C(C)Sc3ccc(NC(=O)c4ccco4)cc3)sc2c1. The van der Waals surface area contributed by atoms with E-state index in [-0.39, 0.29) is 22.8 Å². The van der Waals surface area contributed by atoms with Crippen LogP contribution in [-0.2, 0) is 4.79 Å². The van der Waals surface area contributed by atoms with Gasteiger partial charge < -0.3 is 15.1 Å². The summed E-state index contributed by atoms with van der Waals surface area (Å²) in [6.07, 6.45) is 1.45. The Morgan fingerprint density at radius 3 is 2.63 bits per heavy atom. The first-order chi connectivity index (χ1) is 14.5. The monoisotopic (exact) mass is 437 g/mol. The van der Waals surface area contributed by atoms with Crippen molar-refractivity contribution in [2.24, 2.45) is 0 Å². The van der Waals surface area contributed by atoms with E-state index in [1.165, 1.54) is 29.4 Å². The number of aromatic nitrogens is 1. The molecule has 1 atom stereocenters. The molecule has 2 aromatic heterocycles. The second kappa shape index (κ2) is 8.73. The number of rotatable bonds is 6. The van der Waals surface area contributed by atoms with Gasteiger partial charge in [-0.25, -0.2) is 4.98 Å². The quantitative estimate of drug-likeness (QED) is 0.385. The first kappa shape index (κ1) is 20.2. The summed E-state index contributed by atoms with van der Waals surface area (Å²) < 4.78 is 6.13. The van der Waals surface area contributed by atoms with Crippen molar-refractivity contribution in [3.63, 3.8) is 0 Å². The lowest BCUT2D eigenvalue weighted by Gasteiger charge is -2.11. The van der Waals surface area contributed by atoms with Crippen LogP contribution in [0.2, 0.25) is 0 Å². The summed E-state index contributed by atoms with van der Waals surface area (Å²) in [5.41, 5.74) is 2.70. The molecule has 2 aromatic carbocycles. The zero-order chi connectivity index (χ0) is 21.1. The Kier molecular flexibility index (Phi) is 5.87. The molecule has 1 unspecified atom stereocenters. The first-order valence-electron chi connectivity index (χ1n) is 9.27. The van der Waals surface area contributed by atoms with Gasteiger partial charge >= 0.3 is 0 Å². The Labute approximate surface area is 181 Å². The van der Waals surface area contributed by atoms with Gasteiger partial charge in [0.25, 0.3) is 5.91 Å². The summed E-state index contributed by atoms with van der Waals surface area (Å²) in [5.74, 6) is -0.158. The highest BCUT2D eigenvalue weighted by Gasteiger charge is 2.17. The Hall–Kier alpha value is -3.10. The molecule has 0 saturated carbocycles. The number of thioether (sulfide) groups is 1. The van der Waals surface area contributed by atoms with Crippen molar-refractivity contribution >= 4 is 55.9 Å². The molecule has 2 amide bonds. The van der Waals surface area contributed by atoms with Crippen LogP contribution < -0.4 is 10.6 Å². The number of nitrogens with zero attached hydrogens (tertiary/aromatic N) is 1. The molecule has 30 heavy (non-hydrogen) atoms. The molecular weight excluding hydrogens is 418 g/mol. The third-order valence-electron chi connectivity index (χ3n) is 4.31. The maximum absolute atomic E-state index is 12.6. The Morgan fingerprint density at radius 2 is 1.90 bits per heavy atom. The van der Waals surface area contributed by atoms with E-state index in [0.29, 0.717) is 10.8 Å². The van der Waals surface area contributed by atoms with Gasteiger partial charge in [-0.3, -0.25) is 9.59 Å². The lowest BCUT2D eigenvalue weighted by molar-refractivity contribution is -0.115. The smallest absolute Gasteiger partial charge is 0.291 e. The third-order valence-corrected chi connectivity index (χ3v) is 6.36. The van der Waals surface area contributed by atoms with Crippen LogP contribution in [0.4, 0.5) is 10.8 Å². The normalized spacial score (nSPS) is 11.9. The van der Waals surface area contributed by atoms with Crippen molar-refractivity contribution in [2.75, 3.05) is 10.6 Å². The van der Waals surface area contributed by atoms with E-state index in [1.807, 2.05) is 38.1 Å². The molecule has 0 aliphatic heterocycles. The maximum atomic E-state index is 12.6. The zero-order valence-electron chi connectivity index (χ0n) is 16.3. The molecule has 2 heterocycles. The van der Waals surface area contributed by atoms with Crippen molar-refractivity contribution in [1.82, 2.24) is 4.98 Å². The number of aryl methyl sites for hydroxylation is 1. The van der Waals surface area contributed by atoms with Crippen LogP contribution in [0.25, 0.3) is 10.2 Å². The average Bonchev–Trinajstić information content (AvgIpc) is 3.38. The standard InChI is InChI=1S/C22H19N3O3S2/c1-13-5-10-17-19(12-13)30-22(24-17)25-20(26)14(2)29-16-8-6-15(7-9-16)23-21(27)18-4-3-11-28-18/h3-12,14H,1-2H3,(H,23,27)(H,24,25,26). The number of nitrogens with one attached hydrogen (secondary N) is 2. The number of amides is 2.